The number of methoxy groups -OCH3 is 1. The lowest BCUT2D eigenvalue weighted by molar-refractivity contribution is -0.142. The quantitative estimate of drug-likeness (QED) is 0.372. The van der Waals surface area contributed by atoms with Crippen molar-refractivity contribution in [3.8, 4) is 11.3 Å². The van der Waals surface area contributed by atoms with E-state index < -0.39 is 17.6 Å². The molecular weight excluding hydrogens is 534 g/mol. The molecule has 0 bridgehead atoms. The first kappa shape index (κ1) is 27.8. The summed E-state index contributed by atoms with van der Waals surface area (Å²) in [6, 6.07) is 15.1. The number of amides is 2. The highest BCUT2D eigenvalue weighted by Crippen LogP contribution is 2.45. The third-order valence-electron chi connectivity index (χ3n) is 8.44. The minimum absolute atomic E-state index is 0.0442. The Balaban J connectivity index is 1.25. The lowest BCUT2D eigenvalue weighted by atomic mass is 9.97. The summed E-state index contributed by atoms with van der Waals surface area (Å²) in [6.07, 6.45) is 5.19. The van der Waals surface area contributed by atoms with Gasteiger partial charge in [0.25, 0.3) is 5.91 Å². The van der Waals surface area contributed by atoms with Gasteiger partial charge in [0, 0.05) is 36.6 Å². The van der Waals surface area contributed by atoms with E-state index >= 15 is 0 Å². The number of aromatic nitrogens is 2. The number of nitrogens with one attached hydrogen (secondary N) is 2. The summed E-state index contributed by atoms with van der Waals surface area (Å²) >= 11 is 0. The maximum atomic E-state index is 13.8. The van der Waals surface area contributed by atoms with Crippen LogP contribution < -0.4 is 10.6 Å². The molecule has 3 heterocycles. The highest BCUT2D eigenvalue weighted by atomic mass is 16.5. The molecule has 218 valence electrons. The van der Waals surface area contributed by atoms with Gasteiger partial charge in [-0.3, -0.25) is 14.4 Å². The van der Waals surface area contributed by atoms with Crippen LogP contribution in [0.4, 0.5) is 5.95 Å². The van der Waals surface area contributed by atoms with Crippen molar-refractivity contribution in [1.29, 1.82) is 0 Å². The second-order valence-electron chi connectivity index (χ2n) is 11.3. The zero-order chi connectivity index (χ0) is 29.3. The fourth-order valence-corrected chi connectivity index (χ4v) is 5.94. The van der Waals surface area contributed by atoms with Gasteiger partial charge < -0.3 is 25.0 Å². The van der Waals surface area contributed by atoms with Crippen LogP contribution in [0.3, 0.4) is 0 Å². The lowest BCUT2D eigenvalue weighted by Crippen LogP contribution is -2.43. The number of carbonyl (C=O) groups excluding carboxylic acids is 3. The average Bonchev–Trinajstić information content (AvgIpc) is 3.75. The Kier molecular flexibility index (Phi) is 7.64. The van der Waals surface area contributed by atoms with E-state index in [1.54, 1.807) is 12.3 Å². The van der Waals surface area contributed by atoms with E-state index in [9.17, 15) is 14.4 Å². The van der Waals surface area contributed by atoms with Crippen molar-refractivity contribution in [2.45, 2.75) is 56.7 Å². The summed E-state index contributed by atoms with van der Waals surface area (Å²) in [6.45, 7) is 3.18. The van der Waals surface area contributed by atoms with Crippen LogP contribution in [-0.4, -0.2) is 65.6 Å². The molecule has 1 aromatic heterocycles. The van der Waals surface area contributed by atoms with Gasteiger partial charge in [-0.05, 0) is 55.4 Å². The molecule has 1 atom stereocenters. The highest BCUT2D eigenvalue weighted by Gasteiger charge is 2.46. The molecule has 0 radical (unpaired) electrons. The van der Waals surface area contributed by atoms with E-state index in [4.69, 9.17) is 14.5 Å². The minimum atomic E-state index is -0.608. The maximum Gasteiger partial charge on any atom is 0.307 e. The van der Waals surface area contributed by atoms with Crippen LogP contribution in [0.5, 0.6) is 0 Å². The van der Waals surface area contributed by atoms with Crippen LogP contribution in [0, 0.1) is 6.92 Å². The molecule has 0 spiro atoms. The molecule has 2 fully saturated rings. The van der Waals surface area contributed by atoms with Gasteiger partial charge in [0.2, 0.25) is 11.9 Å². The number of ether oxygens (including phenoxy) is 2. The highest BCUT2D eigenvalue weighted by molar-refractivity contribution is 6.02. The number of anilines is 1. The van der Waals surface area contributed by atoms with E-state index in [2.05, 4.69) is 15.6 Å². The molecule has 1 saturated carbocycles. The summed E-state index contributed by atoms with van der Waals surface area (Å²) in [5.74, 6) is -0.479. The van der Waals surface area contributed by atoms with Crippen molar-refractivity contribution in [2.75, 3.05) is 32.2 Å². The number of hydrogen-bond acceptors (Lipinski definition) is 8. The fraction of sp³-hybridized carbons (Fsp3) is 0.406. The molecule has 42 heavy (non-hydrogen) atoms. The van der Waals surface area contributed by atoms with E-state index in [0.717, 1.165) is 48.1 Å². The SMILES string of the molecule is COC(=O)CC1c2ccc(-c3nc(NC4CCOCC4)ncc3C)cc2C(=O)N1CC(=O)NC1(c2ccccc2)CC1. The number of carbonyl (C=O) groups is 3. The van der Waals surface area contributed by atoms with Crippen LogP contribution in [0.2, 0.25) is 0 Å². The van der Waals surface area contributed by atoms with Gasteiger partial charge in [-0.2, -0.15) is 0 Å². The second-order valence-corrected chi connectivity index (χ2v) is 11.3. The lowest BCUT2D eigenvalue weighted by Gasteiger charge is -2.26. The molecule has 10 heteroatoms. The number of fused-ring (bicyclic) bond motifs is 1. The smallest absolute Gasteiger partial charge is 0.307 e. The Morgan fingerprint density at radius 1 is 1.12 bits per heavy atom. The fourth-order valence-electron chi connectivity index (χ4n) is 5.94. The summed E-state index contributed by atoms with van der Waals surface area (Å²) in [4.78, 5) is 50.2. The third-order valence-corrected chi connectivity index (χ3v) is 8.44. The predicted molar refractivity (Wildman–Crippen MR) is 156 cm³/mol. The number of esters is 1. The third kappa shape index (κ3) is 5.59. The first-order valence-electron chi connectivity index (χ1n) is 14.4. The van der Waals surface area contributed by atoms with Crippen molar-refractivity contribution in [3.05, 3.63) is 77.0 Å². The first-order chi connectivity index (χ1) is 20.4. The van der Waals surface area contributed by atoms with Crippen LogP contribution in [0.25, 0.3) is 11.3 Å². The van der Waals surface area contributed by atoms with Crippen LogP contribution in [-0.2, 0) is 24.6 Å². The minimum Gasteiger partial charge on any atom is -0.469 e. The molecule has 3 aromatic rings. The van der Waals surface area contributed by atoms with E-state index in [1.807, 2.05) is 49.4 Å². The Labute approximate surface area is 244 Å². The van der Waals surface area contributed by atoms with E-state index in [-0.39, 0.29) is 30.8 Å². The summed E-state index contributed by atoms with van der Waals surface area (Å²) < 4.78 is 10.4. The van der Waals surface area contributed by atoms with Gasteiger partial charge in [-0.25, -0.2) is 9.97 Å². The van der Waals surface area contributed by atoms with Crippen molar-refractivity contribution in [1.82, 2.24) is 20.2 Å². The zero-order valence-corrected chi connectivity index (χ0v) is 23.9. The largest absolute Gasteiger partial charge is 0.469 e. The zero-order valence-electron chi connectivity index (χ0n) is 23.9. The Morgan fingerprint density at radius 3 is 2.60 bits per heavy atom. The van der Waals surface area contributed by atoms with Gasteiger partial charge >= 0.3 is 5.97 Å². The number of nitrogens with zero attached hydrogens (tertiary/aromatic N) is 3. The first-order valence-corrected chi connectivity index (χ1v) is 14.4. The molecule has 2 aromatic carbocycles. The normalized spacial score (nSPS) is 19.2. The van der Waals surface area contributed by atoms with Gasteiger partial charge in [-0.1, -0.05) is 42.5 Å². The van der Waals surface area contributed by atoms with Crippen LogP contribution in [0.1, 0.15) is 65.2 Å². The van der Waals surface area contributed by atoms with Gasteiger partial charge in [0.1, 0.15) is 6.54 Å². The van der Waals surface area contributed by atoms with Gasteiger partial charge in [0.05, 0.1) is 30.8 Å². The summed E-state index contributed by atoms with van der Waals surface area (Å²) in [5, 5.41) is 6.55. The second kappa shape index (κ2) is 11.5. The molecule has 2 aliphatic heterocycles. The topological polar surface area (TPSA) is 123 Å². The average molecular weight is 570 g/mol. The number of rotatable bonds is 9. The molecule has 1 saturated heterocycles. The molecular formula is C32H35N5O5. The van der Waals surface area contributed by atoms with Crippen molar-refractivity contribution in [3.63, 3.8) is 0 Å². The predicted octanol–water partition coefficient (Wildman–Crippen LogP) is 3.91. The molecule has 10 nitrogen and oxygen atoms in total. The van der Waals surface area contributed by atoms with Gasteiger partial charge in [0.15, 0.2) is 0 Å². The molecule has 2 amide bonds. The van der Waals surface area contributed by atoms with E-state index in [1.165, 1.54) is 12.0 Å². The molecule has 6 rings (SSSR count). The molecule has 2 N–H and O–H groups in total. The number of aryl methyl sites for hydroxylation is 1. The van der Waals surface area contributed by atoms with Crippen LogP contribution in [0.15, 0.2) is 54.7 Å². The maximum absolute atomic E-state index is 13.8. The number of hydrogen-bond donors (Lipinski definition) is 2. The van der Waals surface area contributed by atoms with Crippen LogP contribution >= 0.6 is 0 Å². The Morgan fingerprint density at radius 2 is 1.88 bits per heavy atom. The number of benzene rings is 2. The summed E-state index contributed by atoms with van der Waals surface area (Å²) in [5.41, 5.74) is 4.15. The van der Waals surface area contributed by atoms with Crippen molar-refractivity contribution in [2.24, 2.45) is 0 Å². The monoisotopic (exact) mass is 569 g/mol. The van der Waals surface area contributed by atoms with Gasteiger partial charge in [-0.15, -0.1) is 0 Å². The molecule has 1 unspecified atom stereocenters. The Bertz CT molecular complexity index is 1500. The summed E-state index contributed by atoms with van der Waals surface area (Å²) in [7, 11) is 1.32. The molecule has 1 aliphatic carbocycles. The van der Waals surface area contributed by atoms with E-state index in [0.29, 0.717) is 30.3 Å². The van der Waals surface area contributed by atoms with Crippen molar-refractivity contribution >= 4 is 23.7 Å². The standard InChI is InChI=1S/C32H35N5O5/c1-20-18-33-31(34-23-10-14-42-15-11-23)35-29(20)21-8-9-24-25(16-21)30(40)37(26(24)17-28(39)41-2)19-27(38)36-32(12-13-32)22-6-4-3-5-7-22/h3-9,16,18,23,26H,10-15,17,19H2,1-2H3,(H,36,38)(H,33,34,35). The Hall–Kier alpha value is -4.31. The molecule has 3 aliphatic rings. The van der Waals surface area contributed by atoms with Crippen molar-refractivity contribution < 1.29 is 23.9 Å².